The molecule has 1 N–H and O–H groups in total. The highest BCUT2D eigenvalue weighted by Gasteiger charge is 2.21. The van der Waals surface area contributed by atoms with Gasteiger partial charge in [0.1, 0.15) is 5.39 Å². The van der Waals surface area contributed by atoms with Gasteiger partial charge in [-0.3, -0.25) is 9.36 Å². The zero-order chi connectivity index (χ0) is 18.4. The zero-order valence-electron chi connectivity index (χ0n) is 15.0. The van der Waals surface area contributed by atoms with Crippen LogP contribution in [0, 0.1) is 0 Å². The molecule has 0 bridgehead atoms. The van der Waals surface area contributed by atoms with Crippen molar-refractivity contribution in [3.63, 3.8) is 0 Å². The molecule has 0 fully saturated rings. The number of anilines is 1. The minimum atomic E-state index is -0.264. The number of hydrogen-bond acceptors (Lipinski definition) is 4. The number of nitrogens with one attached hydrogen (secondary N) is 1. The van der Waals surface area contributed by atoms with Crippen molar-refractivity contribution in [1.82, 2.24) is 19.3 Å². The molecule has 0 aliphatic carbocycles. The number of halogens is 1. The van der Waals surface area contributed by atoms with Gasteiger partial charge in [-0.2, -0.15) is 10.1 Å². The molecule has 6 nitrogen and oxygen atoms in total. The van der Waals surface area contributed by atoms with Gasteiger partial charge in [0.05, 0.1) is 17.8 Å². The summed E-state index contributed by atoms with van der Waals surface area (Å²) in [5, 5.41) is 8.88. The van der Waals surface area contributed by atoms with Crippen LogP contribution in [0.3, 0.4) is 0 Å². The Morgan fingerprint density at radius 1 is 1.20 bits per heavy atom. The molecule has 7 heteroatoms. The maximum Gasteiger partial charge on any atom is 0.265 e. The molecule has 3 aromatic rings. The lowest BCUT2D eigenvalue weighted by Gasteiger charge is -2.21. The van der Waals surface area contributed by atoms with Crippen LogP contribution in [0.5, 0.6) is 0 Å². The van der Waals surface area contributed by atoms with Crippen LogP contribution in [-0.2, 0) is 12.6 Å². The number of aromatic nitrogens is 4. The van der Waals surface area contributed by atoms with E-state index in [1.807, 2.05) is 52.0 Å². The molecule has 1 aromatic carbocycles. The fourth-order valence-electron chi connectivity index (χ4n) is 2.70. The Hall–Kier alpha value is -2.34. The Morgan fingerprint density at radius 2 is 1.84 bits per heavy atom. The summed E-state index contributed by atoms with van der Waals surface area (Å²) >= 11 is 5.95. The first-order chi connectivity index (χ1) is 11.7. The Bertz CT molecular complexity index is 966. The minimum absolute atomic E-state index is 0.0289. The van der Waals surface area contributed by atoms with E-state index < -0.39 is 0 Å². The van der Waals surface area contributed by atoms with Crippen molar-refractivity contribution >= 4 is 28.6 Å². The van der Waals surface area contributed by atoms with Crippen LogP contribution in [0.1, 0.15) is 39.3 Å². The third-order valence-corrected chi connectivity index (χ3v) is 4.41. The maximum absolute atomic E-state index is 12.7. The molecule has 0 amide bonds. The van der Waals surface area contributed by atoms with Crippen LogP contribution in [0.2, 0.25) is 5.02 Å². The summed E-state index contributed by atoms with van der Waals surface area (Å²) in [4.78, 5) is 17.3. The standard InChI is InChI=1S/C18H22ClN5O/c1-11(12-6-8-13(19)9-7-12)21-17-22-15-14(16(25)23(17)5)10-20-24(15)18(2,3)4/h6-11H,1-5H3,(H,21,22)/t11-/m1/s1. The summed E-state index contributed by atoms with van der Waals surface area (Å²) in [5.41, 5.74) is 1.26. The van der Waals surface area contributed by atoms with Gasteiger partial charge < -0.3 is 5.32 Å². The van der Waals surface area contributed by atoms with Crippen LogP contribution in [-0.4, -0.2) is 19.3 Å². The Morgan fingerprint density at radius 3 is 2.44 bits per heavy atom. The fourth-order valence-corrected chi connectivity index (χ4v) is 2.83. The molecule has 0 radical (unpaired) electrons. The predicted octanol–water partition coefficient (Wildman–Crippen LogP) is 3.71. The summed E-state index contributed by atoms with van der Waals surface area (Å²) in [6.07, 6.45) is 1.59. The second kappa shape index (κ2) is 6.19. The maximum atomic E-state index is 12.7. The van der Waals surface area contributed by atoms with Crippen molar-refractivity contribution in [3.05, 3.63) is 51.4 Å². The van der Waals surface area contributed by atoms with Crippen LogP contribution in [0.4, 0.5) is 5.95 Å². The van der Waals surface area contributed by atoms with Gasteiger partial charge in [-0.25, -0.2) is 4.68 Å². The highest BCUT2D eigenvalue weighted by atomic mass is 35.5. The molecular formula is C18H22ClN5O. The van der Waals surface area contributed by atoms with Gasteiger partial charge in [-0.1, -0.05) is 23.7 Å². The summed E-state index contributed by atoms with van der Waals surface area (Å²) in [5.74, 6) is 0.506. The molecule has 2 aromatic heterocycles. The molecule has 3 rings (SSSR count). The average Bonchev–Trinajstić information content (AvgIpc) is 2.97. The molecule has 0 saturated carbocycles. The Balaban J connectivity index is 2.05. The summed E-state index contributed by atoms with van der Waals surface area (Å²) in [6, 6.07) is 7.57. The van der Waals surface area contributed by atoms with Gasteiger partial charge in [0.25, 0.3) is 5.56 Å². The third kappa shape index (κ3) is 3.26. The normalized spacial score (nSPS) is 13.2. The van der Waals surface area contributed by atoms with Crippen molar-refractivity contribution in [2.45, 2.75) is 39.3 Å². The van der Waals surface area contributed by atoms with Crippen LogP contribution in [0.15, 0.2) is 35.3 Å². The molecule has 0 aliphatic rings. The second-order valence-electron chi connectivity index (χ2n) is 7.18. The number of rotatable bonds is 3. The van der Waals surface area contributed by atoms with E-state index in [0.29, 0.717) is 22.0 Å². The van der Waals surface area contributed by atoms with E-state index in [1.54, 1.807) is 17.9 Å². The SMILES string of the molecule is C[C@@H](Nc1nc2c(cnn2C(C)(C)C)c(=O)n1C)c1ccc(Cl)cc1. The molecule has 0 spiro atoms. The highest BCUT2D eigenvalue weighted by Crippen LogP contribution is 2.22. The number of fused-ring (bicyclic) bond motifs is 1. The predicted molar refractivity (Wildman–Crippen MR) is 101 cm³/mol. The Kier molecular flexibility index (Phi) is 4.33. The first-order valence-corrected chi connectivity index (χ1v) is 8.53. The number of benzene rings is 1. The van der Waals surface area contributed by atoms with Gasteiger partial charge in [-0.15, -0.1) is 0 Å². The van der Waals surface area contributed by atoms with Gasteiger partial charge in [0, 0.05) is 12.1 Å². The van der Waals surface area contributed by atoms with Gasteiger partial charge in [-0.05, 0) is 45.4 Å². The summed E-state index contributed by atoms with van der Waals surface area (Å²) in [6.45, 7) is 8.10. The fraction of sp³-hybridized carbons (Fsp3) is 0.389. The van der Waals surface area contributed by atoms with Crippen molar-refractivity contribution < 1.29 is 0 Å². The lowest BCUT2D eigenvalue weighted by molar-refractivity contribution is 0.366. The molecule has 1 atom stereocenters. The summed E-state index contributed by atoms with van der Waals surface area (Å²) in [7, 11) is 1.71. The summed E-state index contributed by atoms with van der Waals surface area (Å²) < 4.78 is 3.30. The highest BCUT2D eigenvalue weighted by molar-refractivity contribution is 6.30. The molecule has 0 aliphatic heterocycles. The van der Waals surface area contributed by atoms with Crippen LogP contribution < -0.4 is 10.9 Å². The molecule has 132 valence electrons. The zero-order valence-corrected chi connectivity index (χ0v) is 15.8. The largest absolute Gasteiger partial charge is 0.349 e. The Labute approximate surface area is 151 Å². The monoisotopic (exact) mass is 359 g/mol. The van der Waals surface area contributed by atoms with E-state index in [-0.39, 0.29) is 17.1 Å². The van der Waals surface area contributed by atoms with Gasteiger partial charge >= 0.3 is 0 Å². The first kappa shape index (κ1) is 17.5. The number of hydrogen-bond donors (Lipinski definition) is 1. The van der Waals surface area contributed by atoms with Crippen molar-refractivity contribution in [2.24, 2.45) is 7.05 Å². The van der Waals surface area contributed by atoms with Gasteiger partial charge in [0.15, 0.2) is 5.65 Å². The third-order valence-electron chi connectivity index (χ3n) is 4.16. The smallest absolute Gasteiger partial charge is 0.265 e. The van der Waals surface area contributed by atoms with E-state index in [2.05, 4.69) is 15.4 Å². The second-order valence-corrected chi connectivity index (χ2v) is 7.62. The quantitative estimate of drug-likeness (QED) is 0.774. The lowest BCUT2D eigenvalue weighted by Crippen LogP contribution is -2.27. The van der Waals surface area contributed by atoms with E-state index in [1.165, 1.54) is 4.57 Å². The van der Waals surface area contributed by atoms with Crippen molar-refractivity contribution in [2.75, 3.05) is 5.32 Å². The first-order valence-electron chi connectivity index (χ1n) is 8.15. The van der Waals surface area contributed by atoms with E-state index >= 15 is 0 Å². The van der Waals surface area contributed by atoms with Crippen molar-refractivity contribution in [1.29, 1.82) is 0 Å². The molecule has 25 heavy (non-hydrogen) atoms. The topological polar surface area (TPSA) is 64.7 Å². The minimum Gasteiger partial charge on any atom is -0.349 e. The molecule has 0 unspecified atom stereocenters. The van der Waals surface area contributed by atoms with E-state index in [0.717, 1.165) is 5.56 Å². The van der Waals surface area contributed by atoms with Crippen LogP contribution in [0.25, 0.3) is 11.0 Å². The van der Waals surface area contributed by atoms with Crippen LogP contribution >= 0.6 is 11.6 Å². The number of nitrogens with zero attached hydrogens (tertiary/aromatic N) is 4. The molecule has 2 heterocycles. The lowest BCUT2D eigenvalue weighted by atomic mass is 10.1. The van der Waals surface area contributed by atoms with E-state index in [9.17, 15) is 4.79 Å². The molecular weight excluding hydrogens is 338 g/mol. The molecule has 0 saturated heterocycles. The van der Waals surface area contributed by atoms with Crippen molar-refractivity contribution in [3.8, 4) is 0 Å². The van der Waals surface area contributed by atoms with E-state index in [4.69, 9.17) is 11.6 Å². The van der Waals surface area contributed by atoms with Gasteiger partial charge in [0.2, 0.25) is 5.95 Å². The average molecular weight is 360 g/mol.